The minimum Gasteiger partial charge on any atom is -0.356 e. The smallest absolute Gasteiger partial charge is 0.220 e. The van der Waals surface area contributed by atoms with Crippen LogP contribution in [-0.4, -0.2) is 25.5 Å². The number of carbonyl (C=O) groups is 1. The van der Waals surface area contributed by atoms with Crippen molar-refractivity contribution in [1.29, 1.82) is 0 Å². The maximum absolute atomic E-state index is 12.1. The summed E-state index contributed by atoms with van der Waals surface area (Å²) >= 11 is 0. The molecule has 1 aliphatic carbocycles. The van der Waals surface area contributed by atoms with Crippen LogP contribution in [0.15, 0.2) is 0 Å². The predicted octanol–water partition coefficient (Wildman–Crippen LogP) is 3.49. The van der Waals surface area contributed by atoms with Crippen molar-refractivity contribution in [3.8, 4) is 0 Å². The van der Waals surface area contributed by atoms with Gasteiger partial charge in [0.05, 0.1) is 0 Å². The lowest BCUT2D eigenvalue weighted by Gasteiger charge is -2.31. The Morgan fingerprint density at radius 1 is 1.29 bits per heavy atom. The number of nitrogens with one attached hydrogen (secondary N) is 2. The highest BCUT2D eigenvalue weighted by Crippen LogP contribution is 2.42. The van der Waals surface area contributed by atoms with Crippen LogP contribution in [0.2, 0.25) is 0 Å². The van der Waals surface area contributed by atoms with E-state index in [0.29, 0.717) is 17.8 Å². The van der Waals surface area contributed by atoms with E-state index in [1.54, 1.807) is 0 Å². The van der Waals surface area contributed by atoms with Crippen LogP contribution >= 0.6 is 0 Å². The van der Waals surface area contributed by atoms with Crippen molar-refractivity contribution in [2.45, 2.75) is 71.6 Å². The van der Waals surface area contributed by atoms with Crippen molar-refractivity contribution in [2.24, 2.45) is 17.3 Å². The van der Waals surface area contributed by atoms with Gasteiger partial charge in [0.1, 0.15) is 0 Å². The van der Waals surface area contributed by atoms with Crippen molar-refractivity contribution in [2.75, 3.05) is 19.6 Å². The molecule has 2 aliphatic rings. The Labute approximate surface area is 130 Å². The molecule has 122 valence electrons. The fraction of sp³-hybridized carbons (Fsp3) is 0.944. The van der Waals surface area contributed by atoms with Crippen LogP contribution in [0.1, 0.15) is 71.6 Å². The highest BCUT2D eigenvalue weighted by atomic mass is 16.1. The van der Waals surface area contributed by atoms with Crippen LogP contribution in [0.25, 0.3) is 0 Å². The van der Waals surface area contributed by atoms with Gasteiger partial charge in [0.15, 0.2) is 0 Å². The Kier molecular flexibility index (Phi) is 6.53. The fourth-order valence-electron chi connectivity index (χ4n) is 4.32. The summed E-state index contributed by atoms with van der Waals surface area (Å²) in [4.78, 5) is 12.1. The highest BCUT2D eigenvalue weighted by molar-refractivity contribution is 5.75. The molecular formula is C18H34N2O. The number of hydrogen-bond donors (Lipinski definition) is 2. The van der Waals surface area contributed by atoms with Gasteiger partial charge in [0, 0.05) is 13.0 Å². The summed E-state index contributed by atoms with van der Waals surface area (Å²) in [6, 6.07) is 0. The molecule has 0 aromatic heterocycles. The third-order valence-corrected chi connectivity index (χ3v) is 5.34. The molecule has 2 fully saturated rings. The van der Waals surface area contributed by atoms with Crippen molar-refractivity contribution in [3.63, 3.8) is 0 Å². The summed E-state index contributed by atoms with van der Waals surface area (Å²) in [7, 11) is 0. The molecule has 1 amide bonds. The van der Waals surface area contributed by atoms with Crippen LogP contribution in [0.5, 0.6) is 0 Å². The normalized spacial score (nSPS) is 25.2. The van der Waals surface area contributed by atoms with Gasteiger partial charge in [-0.05, 0) is 68.9 Å². The lowest BCUT2D eigenvalue weighted by Crippen LogP contribution is -2.37. The average Bonchev–Trinajstić information content (AvgIpc) is 2.92. The lowest BCUT2D eigenvalue weighted by molar-refractivity contribution is -0.122. The number of carbonyl (C=O) groups excluding carboxylic acids is 1. The molecule has 1 atom stereocenters. The molecule has 1 unspecified atom stereocenters. The standard InChI is InChI=1S/C18H34N2O/c1-15(2)12-18(9-3-4-10-18)14-20-17(21)8-7-16-6-5-11-19-13-16/h15-16,19H,3-14H2,1-2H3,(H,20,21). The monoisotopic (exact) mass is 294 g/mol. The number of rotatable bonds is 7. The Morgan fingerprint density at radius 3 is 2.67 bits per heavy atom. The minimum atomic E-state index is 0.274. The van der Waals surface area contributed by atoms with E-state index in [0.717, 1.165) is 32.0 Å². The van der Waals surface area contributed by atoms with E-state index in [-0.39, 0.29) is 5.91 Å². The van der Waals surface area contributed by atoms with E-state index < -0.39 is 0 Å². The van der Waals surface area contributed by atoms with E-state index in [4.69, 9.17) is 0 Å². The second-order valence-corrected chi connectivity index (χ2v) is 7.83. The first kappa shape index (κ1) is 16.8. The quantitative estimate of drug-likeness (QED) is 0.754. The molecule has 0 bridgehead atoms. The first-order chi connectivity index (χ1) is 10.1. The Morgan fingerprint density at radius 2 is 2.05 bits per heavy atom. The molecule has 3 heteroatoms. The molecule has 0 aromatic rings. The van der Waals surface area contributed by atoms with Crippen molar-refractivity contribution >= 4 is 5.91 Å². The molecular weight excluding hydrogens is 260 g/mol. The zero-order chi connectivity index (χ0) is 15.1. The topological polar surface area (TPSA) is 41.1 Å². The van der Waals surface area contributed by atoms with Crippen molar-refractivity contribution in [3.05, 3.63) is 0 Å². The summed E-state index contributed by atoms with van der Waals surface area (Å²) in [5.74, 6) is 1.71. The van der Waals surface area contributed by atoms with Gasteiger partial charge in [0.2, 0.25) is 5.91 Å². The molecule has 1 saturated carbocycles. The van der Waals surface area contributed by atoms with E-state index in [9.17, 15) is 4.79 Å². The van der Waals surface area contributed by atoms with Crippen LogP contribution in [-0.2, 0) is 4.79 Å². The van der Waals surface area contributed by atoms with Crippen LogP contribution in [0.3, 0.4) is 0 Å². The molecule has 0 spiro atoms. The van der Waals surface area contributed by atoms with Crippen molar-refractivity contribution < 1.29 is 4.79 Å². The third-order valence-electron chi connectivity index (χ3n) is 5.34. The largest absolute Gasteiger partial charge is 0.356 e. The second-order valence-electron chi connectivity index (χ2n) is 7.83. The van der Waals surface area contributed by atoms with Gasteiger partial charge in [-0.15, -0.1) is 0 Å². The molecule has 0 aromatic carbocycles. The Bertz CT molecular complexity index is 315. The summed E-state index contributed by atoms with van der Waals surface area (Å²) in [6.45, 7) is 7.77. The van der Waals surface area contributed by atoms with Crippen molar-refractivity contribution in [1.82, 2.24) is 10.6 Å². The average molecular weight is 294 g/mol. The van der Waals surface area contributed by atoms with Crippen LogP contribution in [0, 0.1) is 17.3 Å². The number of amides is 1. The maximum Gasteiger partial charge on any atom is 0.220 e. The summed E-state index contributed by atoms with van der Waals surface area (Å²) in [6.07, 6.45) is 10.9. The van der Waals surface area contributed by atoms with Gasteiger partial charge in [-0.2, -0.15) is 0 Å². The Hall–Kier alpha value is -0.570. The van der Waals surface area contributed by atoms with Gasteiger partial charge >= 0.3 is 0 Å². The van der Waals surface area contributed by atoms with Crippen LogP contribution in [0.4, 0.5) is 0 Å². The third kappa shape index (κ3) is 5.61. The first-order valence-electron chi connectivity index (χ1n) is 9.07. The van der Waals surface area contributed by atoms with Gasteiger partial charge in [-0.3, -0.25) is 4.79 Å². The summed E-state index contributed by atoms with van der Waals surface area (Å²) < 4.78 is 0. The molecule has 1 aliphatic heterocycles. The maximum atomic E-state index is 12.1. The fourth-order valence-corrected chi connectivity index (χ4v) is 4.32. The van der Waals surface area contributed by atoms with Gasteiger partial charge in [0.25, 0.3) is 0 Å². The van der Waals surface area contributed by atoms with Gasteiger partial charge in [-0.1, -0.05) is 26.7 Å². The zero-order valence-corrected chi connectivity index (χ0v) is 14.0. The molecule has 2 rings (SSSR count). The molecule has 0 radical (unpaired) electrons. The lowest BCUT2D eigenvalue weighted by atomic mass is 9.78. The molecule has 21 heavy (non-hydrogen) atoms. The van der Waals surface area contributed by atoms with Gasteiger partial charge in [-0.25, -0.2) is 0 Å². The molecule has 1 saturated heterocycles. The minimum absolute atomic E-state index is 0.274. The number of hydrogen-bond acceptors (Lipinski definition) is 2. The predicted molar refractivity (Wildman–Crippen MR) is 88.2 cm³/mol. The van der Waals surface area contributed by atoms with E-state index in [1.165, 1.54) is 44.9 Å². The number of piperidine rings is 1. The van der Waals surface area contributed by atoms with Crippen LogP contribution < -0.4 is 10.6 Å². The summed E-state index contributed by atoms with van der Waals surface area (Å²) in [5, 5.41) is 6.68. The van der Waals surface area contributed by atoms with E-state index in [1.807, 2.05) is 0 Å². The SMILES string of the molecule is CC(C)CC1(CNC(=O)CCC2CCCNC2)CCCC1. The van der Waals surface area contributed by atoms with E-state index in [2.05, 4.69) is 24.5 Å². The van der Waals surface area contributed by atoms with E-state index >= 15 is 0 Å². The highest BCUT2D eigenvalue weighted by Gasteiger charge is 2.34. The molecule has 3 nitrogen and oxygen atoms in total. The van der Waals surface area contributed by atoms with Gasteiger partial charge < -0.3 is 10.6 Å². The second kappa shape index (κ2) is 8.17. The molecule has 1 heterocycles. The first-order valence-corrected chi connectivity index (χ1v) is 9.07. The Balaban J connectivity index is 1.69. The zero-order valence-electron chi connectivity index (χ0n) is 14.0. The molecule has 2 N–H and O–H groups in total. The summed E-state index contributed by atoms with van der Waals surface area (Å²) in [5.41, 5.74) is 0.399.